The lowest BCUT2D eigenvalue weighted by molar-refractivity contribution is -0.0506. The first-order chi connectivity index (χ1) is 13.0. The lowest BCUT2D eigenvalue weighted by Gasteiger charge is -2.15. The van der Waals surface area contributed by atoms with Crippen molar-refractivity contribution in [2.75, 3.05) is 13.7 Å². The number of hydrogen-bond acceptors (Lipinski definition) is 3. The zero-order valence-electron chi connectivity index (χ0n) is 15.1. The number of guanidine groups is 1. The molecule has 0 radical (unpaired) electrons. The van der Waals surface area contributed by atoms with Crippen molar-refractivity contribution in [3.05, 3.63) is 59.4 Å². The summed E-state index contributed by atoms with van der Waals surface area (Å²) in [7, 11) is 1.59. The van der Waals surface area contributed by atoms with Gasteiger partial charge < -0.3 is 20.1 Å². The topological polar surface area (TPSA) is 54.9 Å². The van der Waals surface area contributed by atoms with E-state index >= 15 is 0 Å². The van der Waals surface area contributed by atoms with Crippen LogP contribution >= 0.6 is 0 Å². The maximum Gasteiger partial charge on any atom is 0.387 e. The Bertz CT molecular complexity index is 752. The van der Waals surface area contributed by atoms with Gasteiger partial charge in [0.1, 0.15) is 17.3 Å². The summed E-state index contributed by atoms with van der Waals surface area (Å²) in [5, 5.41) is 5.96. The summed E-state index contributed by atoms with van der Waals surface area (Å²) in [6, 6.07) is 11.2. The summed E-state index contributed by atoms with van der Waals surface area (Å²) in [4.78, 5) is 4.42. The highest BCUT2D eigenvalue weighted by molar-refractivity contribution is 5.79. The smallest absolute Gasteiger partial charge is 0.387 e. The maximum absolute atomic E-state index is 14.0. The second kappa shape index (κ2) is 10.3. The van der Waals surface area contributed by atoms with Crippen LogP contribution in [0.2, 0.25) is 0 Å². The molecule has 0 aliphatic carbocycles. The molecule has 2 N–H and O–H groups in total. The fourth-order valence-electron chi connectivity index (χ4n) is 2.33. The third-order valence-electron chi connectivity index (χ3n) is 3.65. The molecule has 0 atom stereocenters. The Morgan fingerprint density at radius 2 is 1.85 bits per heavy atom. The van der Waals surface area contributed by atoms with Crippen LogP contribution < -0.4 is 20.1 Å². The summed E-state index contributed by atoms with van der Waals surface area (Å²) in [6.07, 6.45) is 0. The minimum Gasteiger partial charge on any atom is -0.497 e. The molecule has 0 fully saturated rings. The van der Waals surface area contributed by atoms with Gasteiger partial charge in [0.15, 0.2) is 5.96 Å². The number of methoxy groups -OCH3 is 1. The van der Waals surface area contributed by atoms with Crippen molar-refractivity contribution in [1.82, 2.24) is 10.6 Å². The standard InChI is InChI=1S/C19H22F3N3O2/c1-3-23-19(24-11-13-7-9-14(26-2)10-8-13)25-12-15-16(20)5-4-6-17(15)27-18(21)22/h4-10,18H,3,11-12H2,1-2H3,(H2,23,24,25). The Hall–Kier alpha value is -2.90. The highest BCUT2D eigenvalue weighted by atomic mass is 19.3. The van der Waals surface area contributed by atoms with Crippen LogP contribution in [0.1, 0.15) is 18.1 Å². The largest absolute Gasteiger partial charge is 0.497 e. The van der Waals surface area contributed by atoms with E-state index in [1.807, 2.05) is 31.2 Å². The van der Waals surface area contributed by atoms with E-state index in [1.54, 1.807) is 7.11 Å². The molecule has 0 saturated carbocycles. The molecule has 0 heterocycles. The molecule has 0 aliphatic rings. The molecular weight excluding hydrogens is 359 g/mol. The predicted molar refractivity (Wildman–Crippen MR) is 97.7 cm³/mol. The molecule has 0 unspecified atom stereocenters. The van der Waals surface area contributed by atoms with Crippen molar-refractivity contribution < 1.29 is 22.6 Å². The van der Waals surface area contributed by atoms with Crippen LogP contribution in [0.25, 0.3) is 0 Å². The average molecular weight is 381 g/mol. The number of halogens is 3. The van der Waals surface area contributed by atoms with E-state index in [2.05, 4.69) is 20.4 Å². The van der Waals surface area contributed by atoms with Gasteiger partial charge in [-0.25, -0.2) is 9.38 Å². The van der Waals surface area contributed by atoms with Crippen molar-refractivity contribution in [2.24, 2.45) is 4.99 Å². The number of alkyl halides is 2. The second-order valence-corrected chi connectivity index (χ2v) is 5.49. The summed E-state index contributed by atoms with van der Waals surface area (Å²) in [5.74, 6) is 0.341. The second-order valence-electron chi connectivity index (χ2n) is 5.49. The summed E-state index contributed by atoms with van der Waals surface area (Å²) < 4.78 is 48.5. The Labute approximate surface area is 156 Å². The Kier molecular flexibility index (Phi) is 7.79. The first-order valence-corrected chi connectivity index (χ1v) is 8.40. The van der Waals surface area contributed by atoms with E-state index in [1.165, 1.54) is 18.2 Å². The van der Waals surface area contributed by atoms with E-state index in [0.717, 1.165) is 11.3 Å². The maximum atomic E-state index is 14.0. The van der Waals surface area contributed by atoms with Gasteiger partial charge >= 0.3 is 6.61 Å². The van der Waals surface area contributed by atoms with Gasteiger partial charge in [0, 0.05) is 18.7 Å². The van der Waals surface area contributed by atoms with Gasteiger partial charge in [0.25, 0.3) is 0 Å². The SMILES string of the molecule is CCNC(=NCc1ccc(OC)cc1)NCc1c(F)cccc1OC(F)F. The van der Waals surface area contributed by atoms with Crippen LogP contribution in [-0.4, -0.2) is 26.2 Å². The van der Waals surface area contributed by atoms with Crippen LogP contribution in [-0.2, 0) is 13.1 Å². The van der Waals surface area contributed by atoms with Crippen molar-refractivity contribution in [1.29, 1.82) is 0 Å². The Morgan fingerprint density at radius 1 is 1.11 bits per heavy atom. The summed E-state index contributed by atoms with van der Waals surface area (Å²) in [5.41, 5.74) is 0.966. The Balaban J connectivity index is 2.07. The molecule has 2 aromatic carbocycles. The minimum absolute atomic E-state index is 0.00727. The summed E-state index contributed by atoms with van der Waals surface area (Å²) >= 11 is 0. The fraction of sp³-hybridized carbons (Fsp3) is 0.316. The third-order valence-corrected chi connectivity index (χ3v) is 3.65. The van der Waals surface area contributed by atoms with Crippen LogP contribution in [0.4, 0.5) is 13.2 Å². The minimum atomic E-state index is -3.03. The summed E-state index contributed by atoms with van der Waals surface area (Å²) in [6.45, 7) is -0.215. The van der Waals surface area contributed by atoms with Crippen molar-refractivity contribution in [3.8, 4) is 11.5 Å². The monoisotopic (exact) mass is 381 g/mol. The normalized spacial score (nSPS) is 11.4. The lowest BCUT2D eigenvalue weighted by Crippen LogP contribution is -2.37. The van der Waals surface area contributed by atoms with E-state index in [9.17, 15) is 13.2 Å². The van der Waals surface area contributed by atoms with Crippen LogP contribution in [0.15, 0.2) is 47.5 Å². The number of rotatable bonds is 8. The van der Waals surface area contributed by atoms with Gasteiger partial charge in [0.05, 0.1) is 13.7 Å². The highest BCUT2D eigenvalue weighted by Crippen LogP contribution is 2.23. The zero-order chi connectivity index (χ0) is 19.6. The van der Waals surface area contributed by atoms with E-state index in [4.69, 9.17) is 4.74 Å². The van der Waals surface area contributed by atoms with E-state index < -0.39 is 12.4 Å². The van der Waals surface area contributed by atoms with E-state index in [0.29, 0.717) is 19.0 Å². The molecule has 146 valence electrons. The van der Waals surface area contributed by atoms with Crippen molar-refractivity contribution in [3.63, 3.8) is 0 Å². The number of nitrogens with zero attached hydrogens (tertiary/aromatic N) is 1. The number of hydrogen-bond donors (Lipinski definition) is 2. The molecule has 0 saturated heterocycles. The van der Waals surface area contributed by atoms with Gasteiger partial charge in [-0.2, -0.15) is 8.78 Å². The predicted octanol–water partition coefficient (Wildman–Crippen LogP) is 3.69. The number of nitrogens with one attached hydrogen (secondary N) is 2. The number of aliphatic imine (C=N–C) groups is 1. The van der Waals surface area contributed by atoms with E-state index in [-0.39, 0.29) is 17.9 Å². The molecular formula is C19H22F3N3O2. The molecule has 0 amide bonds. The average Bonchev–Trinajstić information content (AvgIpc) is 2.65. The first kappa shape index (κ1) is 20.4. The number of benzene rings is 2. The first-order valence-electron chi connectivity index (χ1n) is 8.40. The lowest BCUT2D eigenvalue weighted by atomic mass is 10.2. The van der Waals surface area contributed by atoms with Gasteiger partial charge in [-0.3, -0.25) is 0 Å². The van der Waals surface area contributed by atoms with Crippen molar-refractivity contribution >= 4 is 5.96 Å². The van der Waals surface area contributed by atoms with Crippen LogP contribution in [0.5, 0.6) is 11.5 Å². The van der Waals surface area contributed by atoms with Crippen LogP contribution in [0.3, 0.4) is 0 Å². The fourth-order valence-corrected chi connectivity index (χ4v) is 2.33. The third kappa shape index (κ3) is 6.40. The number of ether oxygens (including phenoxy) is 2. The molecule has 0 aliphatic heterocycles. The molecule has 27 heavy (non-hydrogen) atoms. The van der Waals surface area contributed by atoms with Gasteiger partial charge in [-0.15, -0.1) is 0 Å². The van der Waals surface area contributed by atoms with Gasteiger partial charge in [-0.05, 0) is 36.8 Å². The Morgan fingerprint density at radius 3 is 2.48 bits per heavy atom. The molecule has 2 aromatic rings. The zero-order valence-corrected chi connectivity index (χ0v) is 15.1. The molecule has 8 heteroatoms. The quantitative estimate of drug-likeness (QED) is 0.541. The van der Waals surface area contributed by atoms with Crippen LogP contribution in [0, 0.1) is 5.82 Å². The molecule has 0 bridgehead atoms. The van der Waals surface area contributed by atoms with Gasteiger partial charge in [0.2, 0.25) is 0 Å². The molecule has 0 spiro atoms. The molecule has 2 rings (SSSR count). The molecule has 0 aromatic heterocycles. The molecule has 5 nitrogen and oxygen atoms in total. The highest BCUT2D eigenvalue weighted by Gasteiger charge is 2.14. The van der Waals surface area contributed by atoms with Crippen molar-refractivity contribution in [2.45, 2.75) is 26.6 Å². The van der Waals surface area contributed by atoms with Gasteiger partial charge in [-0.1, -0.05) is 18.2 Å².